The van der Waals surface area contributed by atoms with Gasteiger partial charge < -0.3 is 5.11 Å². The first-order valence-electron chi connectivity index (χ1n) is 8.60. The largest absolute Gasteiger partial charge is 0.385 e. The molecule has 2 aliphatic rings. The van der Waals surface area contributed by atoms with Gasteiger partial charge in [-0.15, -0.1) is 0 Å². The average Bonchev–Trinajstić information content (AvgIpc) is 2.51. The Morgan fingerprint density at radius 1 is 1.05 bits per heavy atom. The van der Waals surface area contributed by atoms with Gasteiger partial charge in [0.05, 0.1) is 5.60 Å². The van der Waals surface area contributed by atoms with Gasteiger partial charge in [0.1, 0.15) is 5.82 Å². The highest BCUT2D eigenvalue weighted by Crippen LogP contribution is 2.49. The van der Waals surface area contributed by atoms with Crippen molar-refractivity contribution in [1.29, 1.82) is 0 Å². The van der Waals surface area contributed by atoms with Crippen molar-refractivity contribution in [2.24, 2.45) is 11.8 Å². The van der Waals surface area contributed by atoms with E-state index in [2.05, 4.69) is 0 Å². The summed E-state index contributed by atoms with van der Waals surface area (Å²) in [4.78, 5) is 0. The summed E-state index contributed by atoms with van der Waals surface area (Å²) >= 11 is 0. The van der Waals surface area contributed by atoms with Crippen LogP contribution in [-0.4, -0.2) is 5.11 Å². The Labute approximate surface area is 127 Å². The van der Waals surface area contributed by atoms with Crippen molar-refractivity contribution >= 4 is 0 Å². The highest BCUT2D eigenvalue weighted by atomic mass is 19.1. The van der Waals surface area contributed by atoms with Crippen LogP contribution in [-0.2, 0) is 5.60 Å². The van der Waals surface area contributed by atoms with E-state index in [1.807, 2.05) is 12.1 Å². The van der Waals surface area contributed by atoms with Crippen molar-refractivity contribution in [2.45, 2.75) is 70.3 Å². The van der Waals surface area contributed by atoms with Crippen LogP contribution < -0.4 is 0 Å². The summed E-state index contributed by atoms with van der Waals surface area (Å²) in [5, 5.41) is 11.4. The second-order valence-corrected chi connectivity index (χ2v) is 7.14. The van der Waals surface area contributed by atoms with Crippen LogP contribution in [0.2, 0.25) is 0 Å². The van der Waals surface area contributed by atoms with Crippen LogP contribution >= 0.6 is 0 Å². The van der Waals surface area contributed by atoms with Crippen LogP contribution in [0.3, 0.4) is 0 Å². The normalized spacial score (nSPS) is 31.3. The van der Waals surface area contributed by atoms with E-state index in [1.54, 1.807) is 6.92 Å². The van der Waals surface area contributed by atoms with Gasteiger partial charge in [0.2, 0.25) is 0 Å². The maximum atomic E-state index is 13.6. The van der Waals surface area contributed by atoms with Gasteiger partial charge in [0.15, 0.2) is 0 Å². The summed E-state index contributed by atoms with van der Waals surface area (Å²) in [6.07, 6.45) is 10.7. The van der Waals surface area contributed by atoms with E-state index in [0.717, 1.165) is 24.8 Å². The molecule has 2 heteroatoms. The minimum atomic E-state index is -0.737. The van der Waals surface area contributed by atoms with Crippen LogP contribution in [0, 0.1) is 24.6 Å². The molecule has 1 N–H and O–H groups in total. The maximum Gasteiger partial charge on any atom is 0.126 e. The van der Waals surface area contributed by atoms with Gasteiger partial charge in [-0.2, -0.15) is 0 Å². The van der Waals surface area contributed by atoms with Crippen molar-refractivity contribution in [3.8, 4) is 0 Å². The molecule has 21 heavy (non-hydrogen) atoms. The van der Waals surface area contributed by atoms with Crippen LogP contribution in [0.1, 0.15) is 68.9 Å². The molecule has 2 unspecified atom stereocenters. The van der Waals surface area contributed by atoms with Crippen LogP contribution in [0.4, 0.5) is 4.39 Å². The predicted molar refractivity (Wildman–Crippen MR) is 83.6 cm³/mol. The molecule has 2 fully saturated rings. The Bertz CT molecular complexity index is 492. The third kappa shape index (κ3) is 2.88. The molecule has 1 nitrogen and oxygen atoms in total. The van der Waals surface area contributed by atoms with Crippen molar-refractivity contribution in [3.05, 3.63) is 35.1 Å². The minimum absolute atomic E-state index is 0.174. The predicted octanol–water partition coefficient (Wildman–Crippen LogP) is 5.09. The highest BCUT2D eigenvalue weighted by molar-refractivity contribution is 5.30. The van der Waals surface area contributed by atoms with Crippen molar-refractivity contribution in [2.75, 3.05) is 0 Å². The Hall–Kier alpha value is -0.890. The van der Waals surface area contributed by atoms with Gasteiger partial charge in [-0.3, -0.25) is 0 Å². The molecule has 1 aromatic carbocycles. The van der Waals surface area contributed by atoms with Crippen molar-refractivity contribution in [3.63, 3.8) is 0 Å². The number of rotatable bonds is 2. The quantitative estimate of drug-likeness (QED) is 0.804. The molecule has 0 aromatic heterocycles. The number of hydrogen-bond donors (Lipinski definition) is 1. The molecule has 1 aromatic rings. The van der Waals surface area contributed by atoms with E-state index in [0.29, 0.717) is 17.4 Å². The number of aliphatic hydroxyl groups is 1. The fourth-order valence-electron chi connectivity index (χ4n) is 4.62. The molecule has 0 saturated heterocycles. The van der Waals surface area contributed by atoms with E-state index in [4.69, 9.17) is 0 Å². The Balaban J connectivity index is 1.91. The second-order valence-electron chi connectivity index (χ2n) is 7.14. The average molecular weight is 290 g/mol. The first-order valence-corrected chi connectivity index (χ1v) is 8.60. The molecule has 2 atom stereocenters. The second kappa shape index (κ2) is 6.08. The maximum absolute atomic E-state index is 13.6. The van der Waals surface area contributed by atoms with Gasteiger partial charge in [-0.1, -0.05) is 57.1 Å². The van der Waals surface area contributed by atoms with E-state index in [9.17, 15) is 9.50 Å². The molecule has 0 aliphatic heterocycles. The summed E-state index contributed by atoms with van der Waals surface area (Å²) in [7, 11) is 0. The lowest BCUT2D eigenvalue weighted by Gasteiger charge is -2.45. The van der Waals surface area contributed by atoms with Gasteiger partial charge in [-0.05, 0) is 48.8 Å². The fourth-order valence-corrected chi connectivity index (χ4v) is 4.62. The van der Waals surface area contributed by atoms with Crippen LogP contribution in [0.5, 0.6) is 0 Å². The van der Waals surface area contributed by atoms with Crippen LogP contribution in [0.15, 0.2) is 18.2 Å². The lowest BCUT2D eigenvalue weighted by molar-refractivity contribution is -0.0835. The molecule has 0 bridgehead atoms. The zero-order valence-corrected chi connectivity index (χ0v) is 13.1. The van der Waals surface area contributed by atoms with Gasteiger partial charge in [0.25, 0.3) is 0 Å². The SMILES string of the molecule is Cc1cc(C2(O)CCCCC2C2CCCCC2)ccc1F. The lowest BCUT2D eigenvalue weighted by atomic mass is 9.63. The van der Waals surface area contributed by atoms with Gasteiger partial charge in [0, 0.05) is 0 Å². The van der Waals surface area contributed by atoms with E-state index in [-0.39, 0.29) is 5.82 Å². The number of benzene rings is 1. The number of aryl methyl sites for hydroxylation is 1. The first-order chi connectivity index (χ1) is 10.1. The molecule has 0 heterocycles. The zero-order valence-electron chi connectivity index (χ0n) is 13.1. The molecule has 0 spiro atoms. The van der Waals surface area contributed by atoms with E-state index >= 15 is 0 Å². The molecule has 0 radical (unpaired) electrons. The van der Waals surface area contributed by atoms with Gasteiger partial charge >= 0.3 is 0 Å². The molecule has 2 aliphatic carbocycles. The molecule has 2 saturated carbocycles. The molecular formula is C19H27FO. The third-order valence-corrected chi connectivity index (χ3v) is 5.81. The van der Waals surface area contributed by atoms with Crippen LogP contribution in [0.25, 0.3) is 0 Å². The van der Waals surface area contributed by atoms with E-state index < -0.39 is 5.60 Å². The number of hydrogen-bond acceptors (Lipinski definition) is 1. The Morgan fingerprint density at radius 2 is 1.76 bits per heavy atom. The van der Waals surface area contributed by atoms with Gasteiger partial charge in [-0.25, -0.2) is 4.39 Å². The Kier molecular flexibility index (Phi) is 4.35. The minimum Gasteiger partial charge on any atom is -0.385 e. The summed E-state index contributed by atoms with van der Waals surface area (Å²) in [5.74, 6) is 0.832. The third-order valence-electron chi connectivity index (χ3n) is 5.81. The summed E-state index contributed by atoms with van der Waals surface area (Å²) in [5.41, 5.74) is 0.851. The van der Waals surface area contributed by atoms with Crippen molar-refractivity contribution < 1.29 is 9.50 Å². The topological polar surface area (TPSA) is 20.2 Å². The molecule has 0 amide bonds. The summed E-state index contributed by atoms with van der Waals surface area (Å²) in [6.45, 7) is 1.79. The molecule has 3 rings (SSSR count). The van der Waals surface area contributed by atoms with E-state index in [1.165, 1.54) is 44.6 Å². The smallest absolute Gasteiger partial charge is 0.126 e. The standard InChI is InChI=1S/C19H27FO/c1-14-13-16(10-11-18(14)20)19(21)12-6-5-9-17(19)15-7-3-2-4-8-15/h10-11,13,15,17,21H,2-9,12H2,1H3. The Morgan fingerprint density at radius 3 is 2.48 bits per heavy atom. The zero-order chi connectivity index (χ0) is 14.9. The highest BCUT2D eigenvalue weighted by Gasteiger charge is 2.44. The monoisotopic (exact) mass is 290 g/mol. The molecule has 116 valence electrons. The summed E-state index contributed by atoms with van der Waals surface area (Å²) in [6, 6.07) is 5.20. The first kappa shape index (κ1) is 15.0. The van der Waals surface area contributed by atoms with Crippen molar-refractivity contribution in [1.82, 2.24) is 0 Å². The fraction of sp³-hybridized carbons (Fsp3) is 0.684. The lowest BCUT2D eigenvalue weighted by Crippen LogP contribution is -2.42. The summed E-state index contributed by atoms with van der Waals surface area (Å²) < 4.78 is 13.6. The number of halogens is 1. The molecular weight excluding hydrogens is 263 g/mol.